The second-order valence-electron chi connectivity index (χ2n) is 6.60. The zero-order chi connectivity index (χ0) is 12.8. The summed E-state index contributed by atoms with van der Waals surface area (Å²) >= 11 is 0. The van der Waals surface area contributed by atoms with Gasteiger partial charge in [-0.05, 0) is 44.2 Å². The monoisotopic (exact) mass is 240 g/mol. The number of nitrogens with one attached hydrogen (secondary N) is 1. The topological polar surface area (TPSA) is 15.3 Å². The average Bonchev–Trinajstić information content (AvgIpc) is 2.17. The van der Waals surface area contributed by atoms with Gasteiger partial charge in [0.2, 0.25) is 0 Å². The lowest BCUT2D eigenvalue weighted by Gasteiger charge is -2.37. The van der Waals surface area contributed by atoms with Crippen LogP contribution in [0.2, 0.25) is 0 Å². The van der Waals surface area contributed by atoms with E-state index in [2.05, 4.69) is 45.0 Å². The molecule has 1 aliphatic carbocycles. The summed E-state index contributed by atoms with van der Waals surface area (Å²) in [6, 6.07) is 0.689. The zero-order valence-electron chi connectivity index (χ0n) is 12.5. The zero-order valence-corrected chi connectivity index (χ0v) is 12.5. The second kappa shape index (κ2) is 7.38. The van der Waals surface area contributed by atoms with Gasteiger partial charge in [0.05, 0.1) is 0 Å². The van der Waals surface area contributed by atoms with Crippen LogP contribution in [0.15, 0.2) is 0 Å². The average molecular weight is 240 g/mol. The highest BCUT2D eigenvalue weighted by Gasteiger charge is 2.24. The molecule has 0 aromatic rings. The summed E-state index contributed by atoms with van der Waals surface area (Å²) < 4.78 is 0. The molecule has 0 radical (unpaired) electrons. The lowest BCUT2D eigenvalue weighted by atomic mass is 9.84. The Labute approximate surface area is 108 Å². The van der Waals surface area contributed by atoms with E-state index in [9.17, 15) is 0 Å². The number of likely N-dealkylation sites (N-methyl/N-ethyl adjacent to an activating group) is 1. The van der Waals surface area contributed by atoms with Crippen LogP contribution in [0, 0.1) is 17.8 Å². The highest BCUT2D eigenvalue weighted by molar-refractivity contribution is 4.80. The van der Waals surface area contributed by atoms with Crippen LogP contribution in [-0.4, -0.2) is 37.6 Å². The Balaban J connectivity index is 2.29. The van der Waals surface area contributed by atoms with Crippen molar-refractivity contribution in [3.8, 4) is 0 Å². The van der Waals surface area contributed by atoms with Crippen molar-refractivity contribution in [2.75, 3.05) is 26.7 Å². The molecule has 1 aliphatic rings. The van der Waals surface area contributed by atoms with Crippen molar-refractivity contribution in [2.45, 2.75) is 53.0 Å². The first kappa shape index (κ1) is 15.0. The molecule has 0 saturated heterocycles. The van der Waals surface area contributed by atoms with Crippen LogP contribution in [0.4, 0.5) is 0 Å². The van der Waals surface area contributed by atoms with Crippen LogP contribution in [0.3, 0.4) is 0 Å². The molecule has 0 heterocycles. The van der Waals surface area contributed by atoms with Crippen LogP contribution < -0.4 is 5.32 Å². The van der Waals surface area contributed by atoms with E-state index in [1.165, 1.54) is 25.8 Å². The van der Waals surface area contributed by atoms with Gasteiger partial charge in [0.25, 0.3) is 0 Å². The third kappa shape index (κ3) is 5.39. The molecule has 1 atom stereocenters. The molecule has 1 saturated carbocycles. The quantitative estimate of drug-likeness (QED) is 0.701. The van der Waals surface area contributed by atoms with E-state index in [0.29, 0.717) is 6.04 Å². The minimum atomic E-state index is 0.689. The van der Waals surface area contributed by atoms with Gasteiger partial charge in [0.15, 0.2) is 0 Å². The molecule has 0 amide bonds. The molecule has 2 nitrogen and oxygen atoms in total. The minimum absolute atomic E-state index is 0.689. The van der Waals surface area contributed by atoms with Gasteiger partial charge in [0.1, 0.15) is 0 Å². The number of hydrogen-bond donors (Lipinski definition) is 1. The molecular formula is C15H32N2. The standard InChI is InChI=1S/C15H32N2/c1-12(2)9-16-10-15(13(3)4)17(5)11-14-7-6-8-14/h12-16H,6-11H2,1-5H3. The predicted octanol–water partition coefficient (Wildman–Crippen LogP) is 2.99. The Kier molecular flexibility index (Phi) is 6.50. The second-order valence-corrected chi connectivity index (χ2v) is 6.60. The van der Waals surface area contributed by atoms with Crippen molar-refractivity contribution in [1.82, 2.24) is 10.2 Å². The summed E-state index contributed by atoms with van der Waals surface area (Å²) in [7, 11) is 2.31. The van der Waals surface area contributed by atoms with Crippen molar-refractivity contribution in [3.05, 3.63) is 0 Å². The first-order valence-electron chi connectivity index (χ1n) is 7.41. The third-order valence-corrected chi connectivity index (χ3v) is 4.01. The van der Waals surface area contributed by atoms with E-state index in [1.807, 2.05) is 0 Å². The molecule has 17 heavy (non-hydrogen) atoms. The molecule has 1 rings (SSSR count). The maximum Gasteiger partial charge on any atom is 0.0240 e. The molecule has 0 aliphatic heterocycles. The Morgan fingerprint density at radius 2 is 1.76 bits per heavy atom. The maximum atomic E-state index is 3.61. The largest absolute Gasteiger partial charge is 0.315 e. The minimum Gasteiger partial charge on any atom is -0.315 e. The molecule has 0 aromatic carbocycles. The van der Waals surface area contributed by atoms with Crippen LogP contribution in [0.5, 0.6) is 0 Å². The highest BCUT2D eigenvalue weighted by Crippen LogP contribution is 2.27. The molecule has 1 N–H and O–H groups in total. The Hall–Kier alpha value is -0.0800. The Bertz CT molecular complexity index is 197. The number of nitrogens with zero attached hydrogens (tertiary/aromatic N) is 1. The van der Waals surface area contributed by atoms with Crippen molar-refractivity contribution in [1.29, 1.82) is 0 Å². The highest BCUT2D eigenvalue weighted by atomic mass is 15.2. The lowest BCUT2D eigenvalue weighted by molar-refractivity contribution is 0.131. The summed E-state index contributed by atoms with van der Waals surface area (Å²) in [6.45, 7) is 12.8. The van der Waals surface area contributed by atoms with Crippen LogP contribution in [0.25, 0.3) is 0 Å². The Morgan fingerprint density at radius 1 is 1.12 bits per heavy atom. The summed E-state index contributed by atoms with van der Waals surface area (Å²) in [5, 5.41) is 3.61. The van der Waals surface area contributed by atoms with Crippen molar-refractivity contribution >= 4 is 0 Å². The predicted molar refractivity (Wildman–Crippen MR) is 76.3 cm³/mol. The molecule has 2 heteroatoms. The van der Waals surface area contributed by atoms with Crippen molar-refractivity contribution in [3.63, 3.8) is 0 Å². The fraction of sp³-hybridized carbons (Fsp3) is 1.00. The number of hydrogen-bond acceptors (Lipinski definition) is 2. The number of rotatable bonds is 8. The van der Waals surface area contributed by atoms with Crippen LogP contribution in [-0.2, 0) is 0 Å². The van der Waals surface area contributed by atoms with E-state index in [4.69, 9.17) is 0 Å². The van der Waals surface area contributed by atoms with E-state index < -0.39 is 0 Å². The first-order chi connectivity index (χ1) is 8.00. The summed E-state index contributed by atoms with van der Waals surface area (Å²) in [4.78, 5) is 2.59. The van der Waals surface area contributed by atoms with Gasteiger partial charge in [-0.15, -0.1) is 0 Å². The molecule has 1 fully saturated rings. The summed E-state index contributed by atoms with van der Waals surface area (Å²) in [5.74, 6) is 2.46. The molecular weight excluding hydrogens is 208 g/mol. The van der Waals surface area contributed by atoms with Crippen LogP contribution >= 0.6 is 0 Å². The van der Waals surface area contributed by atoms with E-state index >= 15 is 0 Å². The summed E-state index contributed by atoms with van der Waals surface area (Å²) in [5.41, 5.74) is 0. The van der Waals surface area contributed by atoms with Gasteiger partial charge in [-0.2, -0.15) is 0 Å². The van der Waals surface area contributed by atoms with Crippen molar-refractivity contribution < 1.29 is 0 Å². The molecule has 102 valence electrons. The van der Waals surface area contributed by atoms with Crippen LogP contribution in [0.1, 0.15) is 47.0 Å². The van der Waals surface area contributed by atoms with Gasteiger partial charge in [-0.1, -0.05) is 34.1 Å². The third-order valence-electron chi connectivity index (χ3n) is 4.01. The normalized spacial score (nSPS) is 19.1. The fourth-order valence-corrected chi connectivity index (χ4v) is 2.64. The molecule has 0 aromatic heterocycles. The van der Waals surface area contributed by atoms with E-state index in [-0.39, 0.29) is 0 Å². The maximum absolute atomic E-state index is 3.61. The summed E-state index contributed by atoms with van der Waals surface area (Å²) in [6.07, 6.45) is 4.36. The smallest absolute Gasteiger partial charge is 0.0240 e. The van der Waals surface area contributed by atoms with Gasteiger partial charge in [0, 0.05) is 19.1 Å². The van der Waals surface area contributed by atoms with Crippen molar-refractivity contribution in [2.24, 2.45) is 17.8 Å². The lowest BCUT2D eigenvalue weighted by Crippen LogP contribution is -2.46. The fourth-order valence-electron chi connectivity index (χ4n) is 2.64. The first-order valence-corrected chi connectivity index (χ1v) is 7.41. The van der Waals surface area contributed by atoms with Gasteiger partial charge in [-0.25, -0.2) is 0 Å². The SMILES string of the molecule is CC(C)CNCC(C(C)C)N(C)CC1CCC1. The molecule has 0 bridgehead atoms. The molecule has 1 unspecified atom stereocenters. The van der Waals surface area contributed by atoms with Gasteiger partial charge >= 0.3 is 0 Å². The molecule has 0 spiro atoms. The van der Waals surface area contributed by atoms with E-state index in [1.54, 1.807) is 0 Å². The van der Waals surface area contributed by atoms with E-state index in [0.717, 1.165) is 30.8 Å². The van der Waals surface area contributed by atoms with Gasteiger partial charge < -0.3 is 10.2 Å². The van der Waals surface area contributed by atoms with Gasteiger partial charge in [-0.3, -0.25) is 0 Å². The Morgan fingerprint density at radius 3 is 2.18 bits per heavy atom.